The van der Waals surface area contributed by atoms with Gasteiger partial charge in [0, 0.05) is 17.5 Å². The topological polar surface area (TPSA) is 96.7 Å². The average molecular weight is 251 g/mol. The normalized spacial score (nSPS) is 18.2. The van der Waals surface area contributed by atoms with E-state index in [9.17, 15) is 4.79 Å². The first kappa shape index (κ1) is 13.0. The Morgan fingerprint density at radius 3 is 2.61 bits per heavy atom. The van der Waals surface area contributed by atoms with Crippen molar-refractivity contribution in [2.75, 3.05) is 6.54 Å². The third-order valence-corrected chi connectivity index (χ3v) is 3.35. The summed E-state index contributed by atoms with van der Waals surface area (Å²) in [5.41, 5.74) is 5.67. The molecule has 0 aromatic carbocycles. The van der Waals surface area contributed by atoms with E-state index in [4.69, 9.17) is 5.73 Å². The average Bonchev–Trinajstić information content (AvgIpc) is 2.72. The smallest absolute Gasteiger partial charge is 0.291 e. The van der Waals surface area contributed by atoms with E-state index in [-0.39, 0.29) is 22.7 Å². The highest BCUT2D eigenvalue weighted by atomic mass is 16.2. The largest absolute Gasteiger partial charge is 0.347 e. The SMILES string of the molecule is CC(C)(C)c1nc(C(=O)NCC2(N)CCC2)n[nH]1. The van der Waals surface area contributed by atoms with Crippen LogP contribution in [0.4, 0.5) is 0 Å². The molecule has 18 heavy (non-hydrogen) atoms. The second-order valence-electron chi connectivity index (χ2n) is 6.16. The number of amides is 1. The van der Waals surface area contributed by atoms with Crippen LogP contribution >= 0.6 is 0 Å². The highest BCUT2D eigenvalue weighted by molar-refractivity contribution is 5.90. The van der Waals surface area contributed by atoms with Crippen molar-refractivity contribution < 1.29 is 4.79 Å². The van der Waals surface area contributed by atoms with E-state index in [1.54, 1.807) is 0 Å². The molecule has 0 bridgehead atoms. The first-order valence-electron chi connectivity index (χ1n) is 6.30. The van der Waals surface area contributed by atoms with Crippen LogP contribution in [0.2, 0.25) is 0 Å². The highest BCUT2D eigenvalue weighted by Crippen LogP contribution is 2.28. The minimum absolute atomic E-state index is 0.144. The number of H-pyrrole nitrogens is 1. The maximum atomic E-state index is 11.9. The minimum Gasteiger partial charge on any atom is -0.347 e. The molecule has 1 heterocycles. The molecular weight excluding hydrogens is 230 g/mol. The van der Waals surface area contributed by atoms with Crippen molar-refractivity contribution in [3.05, 3.63) is 11.6 Å². The van der Waals surface area contributed by atoms with Gasteiger partial charge in [-0.25, -0.2) is 4.98 Å². The molecule has 6 nitrogen and oxygen atoms in total. The molecular formula is C12H21N5O. The zero-order valence-corrected chi connectivity index (χ0v) is 11.2. The Morgan fingerprint density at radius 1 is 1.50 bits per heavy atom. The number of nitrogens with one attached hydrogen (secondary N) is 2. The minimum atomic E-state index is -0.265. The fourth-order valence-corrected chi connectivity index (χ4v) is 1.84. The molecule has 6 heteroatoms. The summed E-state index contributed by atoms with van der Waals surface area (Å²) in [4.78, 5) is 16.1. The molecule has 100 valence electrons. The van der Waals surface area contributed by atoms with E-state index < -0.39 is 0 Å². The van der Waals surface area contributed by atoms with E-state index in [0.717, 1.165) is 19.3 Å². The van der Waals surface area contributed by atoms with Crippen LogP contribution in [0.3, 0.4) is 0 Å². The molecule has 1 aliphatic carbocycles. The van der Waals surface area contributed by atoms with Gasteiger partial charge in [0.15, 0.2) is 0 Å². The van der Waals surface area contributed by atoms with Crippen LogP contribution in [-0.2, 0) is 5.41 Å². The molecule has 0 saturated heterocycles. The maximum absolute atomic E-state index is 11.9. The molecule has 0 radical (unpaired) electrons. The van der Waals surface area contributed by atoms with Crippen molar-refractivity contribution in [1.82, 2.24) is 20.5 Å². The van der Waals surface area contributed by atoms with Crippen molar-refractivity contribution in [1.29, 1.82) is 0 Å². The number of carbonyl (C=O) groups excluding carboxylic acids is 1. The molecule has 1 aromatic heterocycles. The number of aromatic nitrogens is 3. The summed E-state index contributed by atoms with van der Waals surface area (Å²) in [6.07, 6.45) is 3.07. The quantitative estimate of drug-likeness (QED) is 0.737. The molecule has 0 aliphatic heterocycles. The fraction of sp³-hybridized carbons (Fsp3) is 0.750. The van der Waals surface area contributed by atoms with Gasteiger partial charge in [-0.2, -0.15) is 0 Å². The first-order valence-corrected chi connectivity index (χ1v) is 6.30. The zero-order valence-electron chi connectivity index (χ0n) is 11.2. The van der Waals surface area contributed by atoms with Crippen LogP contribution in [0.15, 0.2) is 0 Å². The number of hydrogen-bond donors (Lipinski definition) is 3. The van der Waals surface area contributed by atoms with Gasteiger partial charge in [-0.3, -0.25) is 9.89 Å². The van der Waals surface area contributed by atoms with Gasteiger partial charge in [-0.05, 0) is 19.3 Å². The van der Waals surface area contributed by atoms with Crippen molar-refractivity contribution in [3.8, 4) is 0 Å². The lowest BCUT2D eigenvalue weighted by Gasteiger charge is -2.37. The van der Waals surface area contributed by atoms with E-state index in [0.29, 0.717) is 12.4 Å². The second-order valence-corrected chi connectivity index (χ2v) is 6.16. The number of carbonyl (C=O) groups is 1. The molecule has 1 saturated carbocycles. The molecule has 1 aliphatic rings. The summed E-state index contributed by atoms with van der Waals surface area (Å²) in [6.45, 7) is 6.53. The first-order chi connectivity index (χ1) is 8.30. The van der Waals surface area contributed by atoms with Crippen molar-refractivity contribution in [3.63, 3.8) is 0 Å². The number of rotatable bonds is 3. The highest BCUT2D eigenvalue weighted by Gasteiger charge is 2.33. The molecule has 1 aromatic rings. The van der Waals surface area contributed by atoms with Crippen LogP contribution < -0.4 is 11.1 Å². The molecule has 4 N–H and O–H groups in total. The maximum Gasteiger partial charge on any atom is 0.291 e. The van der Waals surface area contributed by atoms with E-state index in [1.165, 1.54) is 0 Å². The number of nitrogens with two attached hydrogens (primary N) is 1. The van der Waals surface area contributed by atoms with Crippen molar-refractivity contribution >= 4 is 5.91 Å². The molecule has 0 atom stereocenters. The van der Waals surface area contributed by atoms with Crippen molar-refractivity contribution in [2.45, 2.75) is 51.0 Å². The Bertz CT molecular complexity index is 442. The Hall–Kier alpha value is -1.43. The Kier molecular flexibility index (Phi) is 3.14. The lowest BCUT2D eigenvalue weighted by Crippen LogP contribution is -2.55. The molecule has 0 spiro atoms. The van der Waals surface area contributed by atoms with E-state index in [2.05, 4.69) is 20.5 Å². The molecule has 0 unspecified atom stereocenters. The Morgan fingerprint density at radius 2 is 2.17 bits per heavy atom. The van der Waals surface area contributed by atoms with Gasteiger partial charge in [-0.1, -0.05) is 20.8 Å². The fourth-order valence-electron chi connectivity index (χ4n) is 1.84. The Labute approximate surface area is 107 Å². The van der Waals surface area contributed by atoms with Crippen molar-refractivity contribution in [2.24, 2.45) is 5.73 Å². The van der Waals surface area contributed by atoms with Gasteiger partial charge in [0.25, 0.3) is 5.91 Å². The summed E-state index contributed by atoms with van der Waals surface area (Å²) < 4.78 is 0. The number of nitrogens with zero attached hydrogens (tertiary/aromatic N) is 2. The van der Waals surface area contributed by atoms with Crippen LogP contribution in [0.25, 0.3) is 0 Å². The van der Waals surface area contributed by atoms with Crippen LogP contribution in [0, 0.1) is 0 Å². The molecule has 1 amide bonds. The lowest BCUT2D eigenvalue weighted by atomic mass is 9.78. The van der Waals surface area contributed by atoms with Gasteiger partial charge in [0.2, 0.25) is 5.82 Å². The third-order valence-electron chi connectivity index (χ3n) is 3.35. The summed E-state index contributed by atoms with van der Waals surface area (Å²) in [5.74, 6) is 0.625. The Balaban J connectivity index is 1.95. The molecule has 2 rings (SSSR count). The number of hydrogen-bond acceptors (Lipinski definition) is 4. The predicted octanol–water partition coefficient (Wildman–Crippen LogP) is 0.713. The third kappa shape index (κ3) is 2.69. The zero-order chi connectivity index (χ0) is 13.4. The van der Waals surface area contributed by atoms with Gasteiger partial charge in [-0.15, -0.1) is 5.10 Å². The second kappa shape index (κ2) is 4.35. The number of aromatic amines is 1. The van der Waals surface area contributed by atoms with Crippen LogP contribution in [0.5, 0.6) is 0 Å². The van der Waals surface area contributed by atoms with Crippen LogP contribution in [-0.4, -0.2) is 33.2 Å². The summed E-state index contributed by atoms with van der Waals surface area (Å²) in [5, 5.41) is 9.53. The standard InChI is InChI=1S/C12H21N5O/c1-11(2,3)10-15-8(16-17-10)9(18)14-7-12(13)5-4-6-12/h4-7,13H2,1-3H3,(H,14,18)(H,15,16,17). The monoisotopic (exact) mass is 251 g/mol. The summed E-state index contributed by atoms with van der Waals surface area (Å²) in [6, 6.07) is 0. The van der Waals surface area contributed by atoms with E-state index in [1.807, 2.05) is 20.8 Å². The van der Waals surface area contributed by atoms with Gasteiger partial charge >= 0.3 is 0 Å². The van der Waals surface area contributed by atoms with E-state index >= 15 is 0 Å². The van der Waals surface area contributed by atoms with Gasteiger partial charge < -0.3 is 11.1 Å². The predicted molar refractivity (Wildman–Crippen MR) is 68.2 cm³/mol. The molecule has 1 fully saturated rings. The summed E-state index contributed by atoms with van der Waals surface area (Å²) in [7, 11) is 0. The van der Waals surface area contributed by atoms with Crippen LogP contribution in [0.1, 0.15) is 56.5 Å². The lowest BCUT2D eigenvalue weighted by molar-refractivity contribution is 0.0919. The van der Waals surface area contributed by atoms with Gasteiger partial charge in [0.1, 0.15) is 5.82 Å². The summed E-state index contributed by atoms with van der Waals surface area (Å²) >= 11 is 0. The van der Waals surface area contributed by atoms with Gasteiger partial charge in [0.05, 0.1) is 0 Å².